The van der Waals surface area contributed by atoms with E-state index in [1.54, 1.807) is 17.4 Å². The number of anilines is 3. The Bertz CT molecular complexity index is 2380. The zero-order chi connectivity index (χ0) is 29.4. The van der Waals surface area contributed by atoms with Crippen molar-refractivity contribution in [1.29, 1.82) is 0 Å². The number of aromatic nitrogens is 1. The minimum Gasteiger partial charge on any atom is -0.504 e. The van der Waals surface area contributed by atoms with E-state index in [0.29, 0.717) is 11.1 Å². The van der Waals surface area contributed by atoms with Crippen molar-refractivity contribution in [2.75, 3.05) is 16.8 Å². The van der Waals surface area contributed by atoms with Gasteiger partial charge in [0.2, 0.25) is 0 Å². The summed E-state index contributed by atoms with van der Waals surface area (Å²) < 4.78 is 21.2. The Labute approximate surface area is 278 Å². The van der Waals surface area contributed by atoms with Crippen LogP contribution >= 0.6 is 11.3 Å². The van der Waals surface area contributed by atoms with Crippen LogP contribution in [0.15, 0.2) is 115 Å². The van der Waals surface area contributed by atoms with Gasteiger partial charge < -0.3 is 14.4 Å². The number of thiophene rings is 1. The molecule has 0 saturated heterocycles. The standard InChI is InChI=1S/C39H24FN3S.Pd/c1-41-24-42(33-16-7-6-15-32(33)41)28-13-9-10-25(22-28)38(40)26-18-19-29-30-20-21-36-37(31-14-5-8-17-35(31)44-36)39(30)43(34(29)23-26)27-11-3-2-4-12-27;/h2-11,13-21,24,38H,1H3;/q-4;. The first-order valence-electron chi connectivity index (χ1n) is 14.6. The molecule has 222 valence electrons. The normalized spacial score (nSPS) is 13.6. The number of hydrogen-bond acceptors (Lipinski definition) is 3. The van der Waals surface area contributed by atoms with Crippen LogP contribution in [0.3, 0.4) is 0 Å². The Morgan fingerprint density at radius 2 is 1.44 bits per heavy atom. The fourth-order valence-corrected chi connectivity index (χ4v) is 7.66. The van der Waals surface area contributed by atoms with Crippen LogP contribution in [-0.4, -0.2) is 11.6 Å². The second kappa shape index (κ2) is 10.9. The molecule has 6 aromatic carbocycles. The predicted molar refractivity (Wildman–Crippen MR) is 181 cm³/mol. The van der Waals surface area contributed by atoms with Crippen LogP contribution in [0.5, 0.6) is 0 Å². The molecule has 3 nitrogen and oxygen atoms in total. The zero-order valence-corrected chi connectivity index (χ0v) is 26.4. The van der Waals surface area contributed by atoms with Gasteiger partial charge in [-0.05, 0) is 36.7 Å². The van der Waals surface area contributed by atoms with Crippen molar-refractivity contribution in [2.45, 2.75) is 6.17 Å². The molecule has 1 unspecified atom stereocenters. The van der Waals surface area contributed by atoms with Crippen molar-refractivity contribution in [3.05, 3.63) is 151 Å². The van der Waals surface area contributed by atoms with Crippen LogP contribution in [-0.2, 0) is 20.4 Å². The molecule has 0 spiro atoms. The van der Waals surface area contributed by atoms with E-state index < -0.39 is 6.17 Å². The van der Waals surface area contributed by atoms with Gasteiger partial charge in [0.15, 0.2) is 0 Å². The summed E-state index contributed by atoms with van der Waals surface area (Å²) in [6.45, 7) is 2.01. The van der Waals surface area contributed by atoms with E-state index in [0.717, 1.165) is 44.6 Å². The van der Waals surface area contributed by atoms with Crippen molar-refractivity contribution < 1.29 is 24.8 Å². The largest absolute Gasteiger partial charge is 0.504 e. The number of para-hydroxylation sites is 3. The molecule has 0 fully saturated rings. The molecule has 0 radical (unpaired) electrons. The van der Waals surface area contributed by atoms with Crippen LogP contribution in [0, 0.1) is 24.9 Å². The number of benzene rings is 6. The Hall–Kier alpha value is -4.47. The molecule has 0 saturated carbocycles. The van der Waals surface area contributed by atoms with Crippen molar-refractivity contribution in [3.63, 3.8) is 0 Å². The second-order valence-corrected chi connectivity index (χ2v) is 12.2. The van der Waals surface area contributed by atoms with Gasteiger partial charge in [0.25, 0.3) is 0 Å². The maximum Gasteiger partial charge on any atom is 0.106 e. The number of rotatable bonds is 4. The molecule has 0 amide bonds. The average molecular weight is 692 g/mol. The van der Waals surface area contributed by atoms with E-state index in [1.807, 2.05) is 68.3 Å². The Morgan fingerprint density at radius 3 is 2.31 bits per heavy atom. The van der Waals surface area contributed by atoms with Gasteiger partial charge in [-0.1, -0.05) is 47.6 Å². The molecule has 6 heteroatoms. The molecule has 9 rings (SSSR count). The Balaban J connectivity index is 0.00000300. The summed E-state index contributed by atoms with van der Waals surface area (Å²) in [7, 11) is 2.01. The van der Waals surface area contributed by atoms with Crippen LogP contribution in [0.2, 0.25) is 0 Å². The molecule has 2 aromatic heterocycles. The summed E-state index contributed by atoms with van der Waals surface area (Å²) in [4.78, 5) is 4.12. The third-order valence-electron chi connectivity index (χ3n) is 8.55. The summed E-state index contributed by atoms with van der Waals surface area (Å²) in [5, 5.41) is 4.58. The fourth-order valence-electron chi connectivity index (χ4n) is 6.55. The summed E-state index contributed by atoms with van der Waals surface area (Å²) in [5.41, 5.74) is 6.72. The van der Waals surface area contributed by atoms with Gasteiger partial charge in [-0.2, -0.15) is 73.4 Å². The third-order valence-corrected chi connectivity index (χ3v) is 9.69. The first-order chi connectivity index (χ1) is 21.7. The summed E-state index contributed by atoms with van der Waals surface area (Å²) in [6.07, 6.45) is -1.40. The zero-order valence-electron chi connectivity index (χ0n) is 24.1. The molecule has 0 N–H and O–H groups in total. The summed E-state index contributed by atoms with van der Waals surface area (Å²) >= 11 is 1.80. The average Bonchev–Trinajstić information content (AvgIpc) is 3.73. The minimum atomic E-state index is -1.40. The predicted octanol–water partition coefficient (Wildman–Crippen LogP) is 10.3. The number of halogens is 1. The fraction of sp³-hybridized carbons (Fsp3) is 0.0513. The van der Waals surface area contributed by atoms with Crippen LogP contribution in [0.4, 0.5) is 21.5 Å². The molecular formula is C39H24FN3PdS-4. The third kappa shape index (κ3) is 4.32. The molecule has 3 heterocycles. The van der Waals surface area contributed by atoms with E-state index in [1.165, 1.54) is 20.2 Å². The molecule has 1 aliphatic heterocycles. The van der Waals surface area contributed by atoms with Crippen molar-refractivity contribution in [1.82, 2.24) is 4.57 Å². The quantitative estimate of drug-likeness (QED) is 0.134. The second-order valence-electron chi connectivity index (χ2n) is 11.1. The maximum atomic E-state index is 16.5. The van der Waals surface area contributed by atoms with Crippen molar-refractivity contribution in [2.24, 2.45) is 0 Å². The molecule has 1 aliphatic rings. The first-order valence-corrected chi connectivity index (χ1v) is 15.4. The number of nitrogens with zero attached hydrogens (tertiary/aromatic N) is 3. The van der Waals surface area contributed by atoms with Gasteiger partial charge in [-0.3, -0.25) is 0 Å². The van der Waals surface area contributed by atoms with Gasteiger partial charge in [0, 0.05) is 57.5 Å². The van der Waals surface area contributed by atoms with E-state index >= 15 is 4.39 Å². The van der Waals surface area contributed by atoms with E-state index in [4.69, 9.17) is 0 Å². The molecule has 8 aromatic rings. The van der Waals surface area contributed by atoms with Crippen LogP contribution in [0.1, 0.15) is 17.3 Å². The molecule has 1 atom stereocenters. The van der Waals surface area contributed by atoms with E-state index in [2.05, 4.69) is 87.2 Å². The van der Waals surface area contributed by atoms with Gasteiger partial charge in [-0.25, -0.2) is 4.39 Å². The molecule has 0 aliphatic carbocycles. The molecule has 0 bridgehead atoms. The molecular weight excluding hydrogens is 668 g/mol. The smallest absolute Gasteiger partial charge is 0.106 e. The Morgan fingerprint density at radius 1 is 0.689 bits per heavy atom. The van der Waals surface area contributed by atoms with E-state index in [9.17, 15) is 0 Å². The van der Waals surface area contributed by atoms with E-state index in [-0.39, 0.29) is 20.4 Å². The van der Waals surface area contributed by atoms with Crippen molar-refractivity contribution >= 4 is 70.4 Å². The van der Waals surface area contributed by atoms with Gasteiger partial charge in [-0.15, -0.1) is 39.6 Å². The SMILES string of the molecule is CN1[CH-]N(c2[c-]c(C(F)c3[c-]c4c(cc3)c3ccc5sc6ccccc6c5c3n4-c3[c-]cccc3)ccc2)c2ccccc21.[Pd]. The number of fused-ring (bicyclic) bond motifs is 8. The number of alkyl halides is 1. The first kappa shape index (κ1) is 28.0. The van der Waals surface area contributed by atoms with Gasteiger partial charge in [0.05, 0.1) is 0 Å². The van der Waals surface area contributed by atoms with Crippen LogP contribution < -0.4 is 9.80 Å². The van der Waals surface area contributed by atoms with Gasteiger partial charge >= 0.3 is 0 Å². The van der Waals surface area contributed by atoms with Crippen molar-refractivity contribution in [3.8, 4) is 5.69 Å². The molecule has 45 heavy (non-hydrogen) atoms. The number of hydrogen-bond donors (Lipinski definition) is 0. The summed E-state index contributed by atoms with van der Waals surface area (Å²) in [6, 6.07) is 49.0. The summed E-state index contributed by atoms with van der Waals surface area (Å²) in [5.74, 6) is 0. The Kier molecular flexibility index (Phi) is 6.76. The van der Waals surface area contributed by atoms with Gasteiger partial charge in [0.1, 0.15) is 6.17 Å². The maximum absolute atomic E-state index is 16.5. The minimum absolute atomic E-state index is 0. The van der Waals surface area contributed by atoms with Crippen LogP contribution in [0.25, 0.3) is 47.7 Å². The monoisotopic (exact) mass is 691 g/mol. The topological polar surface area (TPSA) is 11.4 Å².